The number of hydrogen-bond acceptors (Lipinski definition) is 2. The lowest BCUT2D eigenvalue weighted by atomic mass is 10.0. The third-order valence-electron chi connectivity index (χ3n) is 4.30. The van der Waals surface area contributed by atoms with Crippen molar-refractivity contribution in [3.63, 3.8) is 0 Å². The van der Waals surface area contributed by atoms with Crippen molar-refractivity contribution in [1.29, 1.82) is 0 Å². The molecular formula is C21H22N2O2. The van der Waals surface area contributed by atoms with E-state index in [0.717, 1.165) is 12.0 Å². The van der Waals surface area contributed by atoms with E-state index in [1.807, 2.05) is 30.3 Å². The monoisotopic (exact) mass is 334 g/mol. The summed E-state index contributed by atoms with van der Waals surface area (Å²) in [5.74, 6) is 0.206. The van der Waals surface area contributed by atoms with Gasteiger partial charge in [0.05, 0.1) is 6.54 Å². The Hall–Kier alpha value is -3.01. The van der Waals surface area contributed by atoms with Crippen LogP contribution in [0.3, 0.4) is 0 Å². The molecule has 2 N–H and O–H groups in total. The third-order valence-corrected chi connectivity index (χ3v) is 4.30. The van der Waals surface area contributed by atoms with Crippen molar-refractivity contribution < 1.29 is 9.90 Å². The quantitative estimate of drug-likeness (QED) is 0.743. The van der Waals surface area contributed by atoms with E-state index in [9.17, 15) is 9.90 Å². The number of aromatic hydroxyl groups is 1. The Bertz CT molecular complexity index is 871. The second-order valence-corrected chi connectivity index (χ2v) is 6.10. The fourth-order valence-electron chi connectivity index (χ4n) is 2.92. The summed E-state index contributed by atoms with van der Waals surface area (Å²) in [5, 5.41) is 15.2. The lowest BCUT2D eigenvalue weighted by Crippen LogP contribution is -2.37. The van der Waals surface area contributed by atoms with Crippen LogP contribution in [0.2, 0.25) is 0 Å². The zero-order valence-corrected chi connectivity index (χ0v) is 14.3. The van der Waals surface area contributed by atoms with E-state index in [2.05, 4.69) is 29.6 Å². The van der Waals surface area contributed by atoms with Gasteiger partial charge in [0.1, 0.15) is 5.75 Å². The van der Waals surface area contributed by atoms with Gasteiger partial charge in [-0.25, -0.2) is 4.79 Å². The standard InChI is InChI=1S/C21H22N2O2/c1-23(15-18-8-3-5-12-20(18)24)21(25)22-14-13-17-10-6-9-16-7-2-4-11-19(16)17/h2-12,24H,13-15H2,1H3,(H,22,25). The van der Waals surface area contributed by atoms with E-state index in [1.54, 1.807) is 24.1 Å². The molecule has 0 aliphatic rings. The number of hydrogen-bond donors (Lipinski definition) is 2. The fourth-order valence-corrected chi connectivity index (χ4v) is 2.92. The van der Waals surface area contributed by atoms with Crippen LogP contribution in [0.25, 0.3) is 10.8 Å². The molecule has 4 heteroatoms. The number of nitrogens with zero attached hydrogens (tertiary/aromatic N) is 1. The Balaban J connectivity index is 1.56. The first-order chi connectivity index (χ1) is 12.1. The Morgan fingerprint density at radius 2 is 1.64 bits per heavy atom. The molecular weight excluding hydrogens is 312 g/mol. The Morgan fingerprint density at radius 1 is 0.960 bits per heavy atom. The molecule has 0 saturated heterocycles. The number of fused-ring (bicyclic) bond motifs is 1. The first-order valence-corrected chi connectivity index (χ1v) is 8.37. The lowest BCUT2D eigenvalue weighted by molar-refractivity contribution is 0.206. The van der Waals surface area contributed by atoms with Crippen molar-refractivity contribution in [2.45, 2.75) is 13.0 Å². The van der Waals surface area contributed by atoms with Crippen LogP contribution in [0, 0.1) is 0 Å². The van der Waals surface area contributed by atoms with Gasteiger partial charge >= 0.3 is 6.03 Å². The number of carbonyl (C=O) groups is 1. The molecule has 128 valence electrons. The highest BCUT2D eigenvalue weighted by atomic mass is 16.3. The average molecular weight is 334 g/mol. The van der Waals surface area contributed by atoms with Crippen LogP contribution in [-0.4, -0.2) is 29.6 Å². The molecule has 3 aromatic rings. The molecule has 0 spiro atoms. The summed E-state index contributed by atoms with van der Waals surface area (Å²) >= 11 is 0. The highest BCUT2D eigenvalue weighted by Crippen LogP contribution is 2.19. The van der Waals surface area contributed by atoms with Gasteiger partial charge in [0.25, 0.3) is 0 Å². The summed E-state index contributed by atoms with van der Waals surface area (Å²) in [6, 6.07) is 21.4. The summed E-state index contributed by atoms with van der Waals surface area (Å²) in [6.07, 6.45) is 0.775. The maximum Gasteiger partial charge on any atom is 0.317 e. The summed E-state index contributed by atoms with van der Waals surface area (Å²) in [5.41, 5.74) is 1.95. The molecule has 0 atom stereocenters. The molecule has 25 heavy (non-hydrogen) atoms. The number of rotatable bonds is 5. The molecule has 0 radical (unpaired) electrons. The van der Waals surface area contributed by atoms with Gasteiger partial charge in [-0.2, -0.15) is 0 Å². The number of phenols is 1. The SMILES string of the molecule is CN(Cc1ccccc1O)C(=O)NCCc1cccc2ccccc12. The van der Waals surface area contributed by atoms with Crippen molar-refractivity contribution in [2.75, 3.05) is 13.6 Å². The minimum absolute atomic E-state index is 0.150. The highest BCUT2D eigenvalue weighted by Gasteiger charge is 2.10. The van der Waals surface area contributed by atoms with Crippen molar-refractivity contribution in [2.24, 2.45) is 0 Å². The Kier molecular flexibility index (Phi) is 5.19. The number of urea groups is 1. The molecule has 0 aromatic heterocycles. The molecule has 0 aliphatic carbocycles. The molecule has 4 nitrogen and oxygen atoms in total. The predicted octanol–water partition coefficient (Wildman–Crippen LogP) is 3.93. The van der Waals surface area contributed by atoms with Gasteiger partial charge in [0, 0.05) is 19.2 Å². The fraction of sp³-hybridized carbons (Fsp3) is 0.190. The zero-order chi connectivity index (χ0) is 17.6. The third kappa shape index (κ3) is 4.10. The van der Waals surface area contributed by atoms with Crippen molar-refractivity contribution in [3.05, 3.63) is 77.9 Å². The number of amides is 2. The number of benzene rings is 3. The maximum absolute atomic E-state index is 12.2. The molecule has 0 saturated carbocycles. The largest absolute Gasteiger partial charge is 0.508 e. The van der Waals surface area contributed by atoms with Crippen LogP contribution < -0.4 is 5.32 Å². The van der Waals surface area contributed by atoms with Crippen LogP contribution in [-0.2, 0) is 13.0 Å². The predicted molar refractivity (Wildman–Crippen MR) is 101 cm³/mol. The molecule has 3 aromatic carbocycles. The lowest BCUT2D eigenvalue weighted by Gasteiger charge is -2.18. The zero-order valence-electron chi connectivity index (χ0n) is 14.3. The van der Waals surface area contributed by atoms with E-state index in [-0.39, 0.29) is 11.8 Å². The van der Waals surface area contributed by atoms with Gasteiger partial charge in [-0.3, -0.25) is 0 Å². The minimum atomic E-state index is -0.150. The smallest absolute Gasteiger partial charge is 0.317 e. The Labute approximate surface area is 147 Å². The normalized spacial score (nSPS) is 10.6. The van der Waals surface area contributed by atoms with Crippen LogP contribution >= 0.6 is 0 Å². The summed E-state index contributed by atoms with van der Waals surface area (Å²) < 4.78 is 0. The number of phenolic OH excluding ortho intramolecular Hbond substituents is 1. The number of para-hydroxylation sites is 1. The van der Waals surface area contributed by atoms with Crippen LogP contribution in [0.15, 0.2) is 66.7 Å². The van der Waals surface area contributed by atoms with Gasteiger partial charge in [-0.05, 0) is 28.8 Å². The van der Waals surface area contributed by atoms with Crippen LogP contribution in [0.5, 0.6) is 5.75 Å². The number of nitrogens with one attached hydrogen (secondary N) is 1. The van der Waals surface area contributed by atoms with Gasteiger partial charge in [-0.15, -0.1) is 0 Å². The molecule has 0 aliphatic heterocycles. The summed E-state index contributed by atoms with van der Waals surface area (Å²) in [6.45, 7) is 0.935. The van der Waals surface area contributed by atoms with Crippen molar-refractivity contribution >= 4 is 16.8 Å². The first-order valence-electron chi connectivity index (χ1n) is 8.37. The van der Waals surface area contributed by atoms with E-state index >= 15 is 0 Å². The van der Waals surface area contributed by atoms with Crippen molar-refractivity contribution in [1.82, 2.24) is 10.2 Å². The van der Waals surface area contributed by atoms with Gasteiger partial charge in [-0.1, -0.05) is 60.7 Å². The molecule has 0 fully saturated rings. The summed E-state index contributed by atoms with van der Waals surface area (Å²) in [4.78, 5) is 13.8. The summed E-state index contributed by atoms with van der Waals surface area (Å²) in [7, 11) is 1.72. The molecule has 3 rings (SSSR count). The minimum Gasteiger partial charge on any atom is -0.508 e. The van der Waals surface area contributed by atoms with E-state index in [4.69, 9.17) is 0 Å². The van der Waals surface area contributed by atoms with Gasteiger partial charge < -0.3 is 15.3 Å². The second kappa shape index (κ2) is 7.71. The average Bonchev–Trinajstić information content (AvgIpc) is 2.63. The van der Waals surface area contributed by atoms with Gasteiger partial charge in [0.15, 0.2) is 0 Å². The first kappa shape index (κ1) is 16.8. The molecule has 0 heterocycles. The highest BCUT2D eigenvalue weighted by molar-refractivity contribution is 5.85. The van der Waals surface area contributed by atoms with E-state index in [0.29, 0.717) is 13.1 Å². The second-order valence-electron chi connectivity index (χ2n) is 6.10. The van der Waals surface area contributed by atoms with Crippen LogP contribution in [0.1, 0.15) is 11.1 Å². The van der Waals surface area contributed by atoms with Gasteiger partial charge in [0.2, 0.25) is 0 Å². The Morgan fingerprint density at radius 3 is 2.48 bits per heavy atom. The van der Waals surface area contributed by atoms with Crippen molar-refractivity contribution in [3.8, 4) is 5.75 Å². The van der Waals surface area contributed by atoms with E-state index < -0.39 is 0 Å². The maximum atomic E-state index is 12.2. The number of carbonyl (C=O) groups excluding carboxylic acids is 1. The molecule has 0 bridgehead atoms. The molecule has 0 unspecified atom stereocenters. The van der Waals surface area contributed by atoms with Crippen LogP contribution in [0.4, 0.5) is 4.79 Å². The van der Waals surface area contributed by atoms with E-state index in [1.165, 1.54) is 16.3 Å². The molecule has 2 amide bonds. The topological polar surface area (TPSA) is 52.6 Å².